The van der Waals surface area contributed by atoms with Crippen LogP contribution in [0.4, 0.5) is 6.01 Å². The molecule has 0 bridgehead atoms. The maximum Gasteiger partial charge on any atom is 0.323 e. The number of aromatic nitrogens is 2. The Morgan fingerprint density at radius 2 is 2.14 bits per heavy atom. The molecule has 2 aliphatic heterocycles. The minimum atomic E-state index is 0.318. The van der Waals surface area contributed by atoms with E-state index in [0.29, 0.717) is 12.1 Å². The molecule has 1 atom stereocenters. The highest BCUT2D eigenvalue weighted by molar-refractivity contribution is 5.45. The van der Waals surface area contributed by atoms with Gasteiger partial charge in [-0.2, -0.15) is 4.98 Å². The van der Waals surface area contributed by atoms with E-state index in [1.165, 1.54) is 18.2 Å². The summed E-state index contributed by atoms with van der Waals surface area (Å²) in [7, 11) is 0. The molecule has 0 saturated carbocycles. The van der Waals surface area contributed by atoms with Gasteiger partial charge in [0, 0.05) is 25.7 Å². The van der Waals surface area contributed by atoms with Crippen molar-refractivity contribution in [1.29, 1.82) is 0 Å². The molecule has 0 amide bonds. The maximum atomic E-state index is 5.46. The lowest BCUT2D eigenvalue weighted by Gasteiger charge is -2.32. The third-order valence-corrected chi connectivity index (χ3v) is 3.81. The van der Waals surface area contributed by atoms with Gasteiger partial charge in [-0.1, -0.05) is 11.2 Å². The van der Waals surface area contributed by atoms with E-state index in [1.54, 1.807) is 6.26 Å². The number of fused-ring (bicyclic) bond motifs is 1. The fourth-order valence-electron chi connectivity index (χ4n) is 2.80. The zero-order chi connectivity index (χ0) is 14.8. The second-order valence-electron chi connectivity index (χ2n) is 5.31. The van der Waals surface area contributed by atoms with Crippen LogP contribution in [0.5, 0.6) is 11.5 Å². The van der Waals surface area contributed by atoms with Crippen molar-refractivity contribution < 1.29 is 14.0 Å². The van der Waals surface area contributed by atoms with Gasteiger partial charge in [-0.15, -0.1) is 0 Å². The van der Waals surface area contributed by atoms with E-state index in [4.69, 9.17) is 14.0 Å². The van der Waals surface area contributed by atoms with Gasteiger partial charge < -0.3 is 24.2 Å². The Kier molecular flexibility index (Phi) is 3.40. The first-order valence-electron chi connectivity index (χ1n) is 7.25. The summed E-state index contributed by atoms with van der Waals surface area (Å²) >= 11 is 0. The zero-order valence-corrected chi connectivity index (χ0v) is 11.9. The zero-order valence-electron chi connectivity index (χ0n) is 11.9. The molecule has 7 nitrogen and oxygen atoms in total. The Bertz CT molecular complexity index is 671. The monoisotopic (exact) mass is 300 g/mol. The van der Waals surface area contributed by atoms with E-state index in [-0.39, 0.29) is 0 Å². The predicted octanol–water partition coefficient (Wildman–Crippen LogP) is 1.33. The molecule has 1 aromatic carbocycles. The van der Waals surface area contributed by atoms with Gasteiger partial charge in [0.1, 0.15) is 12.5 Å². The van der Waals surface area contributed by atoms with Gasteiger partial charge >= 0.3 is 6.01 Å². The largest absolute Gasteiger partial charge is 0.458 e. The molecule has 1 aromatic heterocycles. The highest BCUT2D eigenvalue weighted by atomic mass is 16.5. The van der Waals surface area contributed by atoms with Crippen molar-refractivity contribution >= 4 is 6.01 Å². The summed E-state index contributed by atoms with van der Waals surface area (Å²) in [4.78, 5) is 6.22. The van der Waals surface area contributed by atoms with E-state index < -0.39 is 0 Å². The molecule has 0 spiro atoms. The van der Waals surface area contributed by atoms with E-state index in [2.05, 4.69) is 26.4 Å². The number of ether oxygens (including phenoxy) is 2. The molecule has 1 unspecified atom stereocenters. The fraction of sp³-hybridized carbons (Fsp3) is 0.333. The van der Waals surface area contributed by atoms with Crippen LogP contribution in [0.15, 0.2) is 41.6 Å². The van der Waals surface area contributed by atoms with Crippen LogP contribution < -0.4 is 19.7 Å². The van der Waals surface area contributed by atoms with Gasteiger partial charge in [-0.3, -0.25) is 0 Å². The molecule has 1 saturated heterocycles. The normalized spacial score (nSPS) is 20.2. The first kappa shape index (κ1) is 13.1. The van der Waals surface area contributed by atoms with E-state index >= 15 is 0 Å². The van der Waals surface area contributed by atoms with Crippen molar-refractivity contribution in [3.8, 4) is 11.5 Å². The van der Waals surface area contributed by atoms with Gasteiger partial charge in [0.05, 0.1) is 0 Å². The molecule has 1 fully saturated rings. The lowest BCUT2D eigenvalue weighted by molar-refractivity contribution is 0.360. The molecular weight excluding hydrogens is 284 g/mol. The third-order valence-electron chi connectivity index (χ3n) is 3.81. The van der Waals surface area contributed by atoms with Crippen molar-refractivity contribution in [3.63, 3.8) is 0 Å². The molecule has 114 valence electrons. The van der Waals surface area contributed by atoms with Gasteiger partial charge in [0.25, 0.3) is 0 Å². The number of nitrogens with zero attached hydrogens (tertiary/aromatic N) is 3. The molecule has 0 aliphatic carbocycles. The number of hydrogen-bond acceptors (Lipinski definition) is 7. The van der Waals surface area contributed by atoms with Crippen LogP contribution in [-0.2, 0) is 6.42 Å². The number of hydrogen-bond donors (Lipinski definition) is 1. The van der Waals surface area contributed by atoms with Gasteiger partial charge in [0.15, 0.2) is 17.8 Å². The average molecular weight is 300 g/mol. The molecule has 2 aliphatic rings. The molecule has 3 heterocycles. The number of rotatable bonds is 3. The average Bonchev–Trinajstić information content (AvgIpc) is 3.10. The summed E-state index contributed by atoms with van der Waals surface area (Å²) in [6.07, 6.45) is 5.40. The summed E-state index contributed by atoms with van der Waals surface area (Å²) in [5.41, 5.74) is 1.20. The smallest absolute Gasteiger partial charge is 0.323 e. The first-order chi connectivity index (χ1) is 10.9. The summed E-state index contributed by atoms with van der Waals surface area (Å²) < 4.78 is 16.0. The summed E-state index contributed by atoms with van der Waals surface area (Å²) in [6, 6.07) is 6.92. The van der Waals surface area contributed by atoms with Crippen LogP contribution in [0.1, 0.15) is 5.56 Å². The highest BCUT2D eigenvalue weighted by Crippen LogP contribution is 2.31. The molecule has 7 heteroatoms. The number of piperazine rings is 1. The summed E-state index contributed by atoms with van der Waals surface area (Å²) in [5, 5.41) is 7.19. The van der Waals surface area contributed by atoms with Crippen LogP contribution in [0, 0.1) is 0 Å². The molecule has 0 radical (unpaired) electrons. The van der Waals surface area contributed by atoms with Gasteiger partial charge in [0.2, 0.25) is 0 Å². The summed E-state index contributed by atoms with van der Waals surface area (Å²) in [5.74, 6) is 1.50. The van der Waals surface area contributed by atoms with Crippen LogP contribution in [0.25, 0.3) is 0 Å². The Morgan fingerprint density at radius 1 is 1.23 bits per heavy atom. The Hall–Kier alpha value is -2.54. The highest BCUT2D eigenvalue weighted by Gasteiger charge is 2.23. The van der Waals surface area contributed by atoms with Crippen molar-refractivity contribution in [2.24, 2.45) is 0 Å². The van der Waals surface area contributed by atoms with Crippen LogP contribution in [0.2, 0.25) is 0 Å². The van der Waals surface area contributed by atoms with Gasteiger partial charge in [-0.25, -0.2) is 0 Å². The van der Waals surface area contributed by atoms with E-state index in [9.17, 15) is 0 Å². The van der Waals surface area contributed by atoms with Crippen molar-refractivity contribution in [2.45, 2.75) is 12.5 Å². The Morgan fingerprint density at radius 3 is 3.00 bits per heavy atom. The molecular formula is C15H16N4O3. The predicted molar refractivity (Wildman–Crippen MR) is 78.8 cm³/mol. The lowest BCUT2D eigenvalue weighted by Crippen LogP contribution is -2.51. The molecule has 22 heavy (non-hydrogen) atoms. The third kappa shape index (κ3) is 2.62. The van der Waals surface area contributed by atoms with Crippen molar-refractivity contribution in [1.82, 2.24) is 15.5 Å². The standard InChI is InChI=1S/C15H16N4O3/c1-2-13-14(21-6-5-20-13)8-11(1)7-12-9-19(4-3-16-12)15-17-10-18-22-15/h1-2,5-6,8,10,12,16H,3-4,7,9H2. The summed E-state index contributed by atoms with van der Waals surface area (Å²) in [6.45, 7) is 2.58. The maximum absolute atomic E-state index is 5.46. The number of benzene rings is 1. The fourth-order valence-corrected chi connectivity index (χ4v) is 2.80. The Balaban J connectivity index is 1.45. The topological polar surface area (TPSA) is 72.7 Å². The van der Waals surface area contributed by atoms with Crippen molar-refractivity contribution in [3.05, 3.63) is 42.6 Å². The van der Waals surface area contributed by atoms with Crippen LogP contribution in [-0.4, -0.2) is 35.8 Å². The van der Waals surface area contributed by atoms with E-state index in [1.807, 2.05) is 12.1 Å². The SMILES string of the molecule is C1=COc2cc(CC3CN(c4ncno4)CCN3)ccc2O1. The molecule has 4 rings (SSSR count). The number of nitrogens with one attached hydrogen (secondary N) is 1. The lowest BCUT2D eigenvalue weighted by atomic mass is 10.0. The molecule has 2 aromatic rings. The minimum absolute atomic E-state index is 0.318. The second-order valence-corrected chi connectivity index (χ2v) is 5.31. The number of anilines is 1. The molecule has 1 N–H and O–H groups in total. The Labute approximate surface area is 127 Å². The van der Waals surface area contributed by atoms with Crippen LogP contribution in [0.3, 0.4) is 0 Å². The quantitative estimate of drug-likeness (QED) is 0.916. The van der Waals surface area contributed by atoms with Crippen LogP contribution >= 0.6 is 0 Å². The second kappa shape index (κ2) is 5.69. The first-order valence-corrected chi connectivity index (χ1v) is 7.25. The van der Waals surface area contributed by atoms with E-state index in [0.717, 1.165) is 37.6 Å². The van der Waals surface area contributed by atoms with Gasteiger partial charge in [-0.05, 0) is 24.1 Å². The minimum Gasteiger partial charge on any atom is -0.458 e. The van der Waals surface area contributed by atoms with Crippen molar-refractivity contribution in [2.75, 3.05) is 24.5 Å².